The van der Waals surface area contributed by atoms with Crippen molar-refractivity contribution in [1.82, 2.24) is 0 Å². The van der Waals surface area contributed by atoms with Crippen molar-refractivity contribution in [3.63, 3.8) is 0 Å². The van der Waals surface area contributed by atoms with Crippen LogP contribution >= 0.6 is 12.0 Å². The molecule has 0 aliphatic carbocycles. The summed E-state index contributed by atoms with van der Waals surface area (Å²) in [5, 5.41) is 9.20. The summed E-state index contributed by atoms with van der Waals surface area (Å²) in [5.74, 6) is -0.586. The first kappa shape index (κ1) is 8.93. The van der Waals surface area contributed by atoms with E-state index in [1.54, 1.807) is 18.4 Å². The summed E-state index contributed by atoms with van der Waals surface area (Å²) in [6, 6.07) is 6.26. The molecule has 3 nitrogen and oxygen atoms in total. The summed E-state index contributed by atoms with van der Waals surface area (Å²) in [6.45, 7) is 0. The lowest BCUT2D eigenvalue weighted by Crippen LogP contribution is -1.99. The van der Waals surface area contributed by atoms with E-state index in [4.69, 9.17) is 0 Å². The molecule has 12 heavy (non-hydrogen) atoms. The van der Waals surface area contributed by atoms with Gasteiger partial charge >= 0.3 is 5.97 Å². The Morgan fingerprint density at radius 3 is 2.75 bits per heavy atom. The molecule has 0 aromatic heterocycles. The summed E-state index contributed by atoms with van der Waals surface area (Å²) in [5.41, 5.74) is 0.187. The van der Waals surface area contributed by atoms with Crippen LogP contribution < -0.4 is 0 Å². The van der Waals surface area contributed by atoms with Crippen molar-refractivity contribution in [2.75, 3.05) is 6.26 Å². The molecule has 0 atom stereocenters. The van der Waals surface area contributed by atoms with Crippen LogP contribution in [0.3, 0.4) is 0 Å². The highest BCUT2D eigenvalue weighted by molar-refractivity contribution is 7.94. The van der Waals surface area contributed by atoms with Crippen LogP contribution in [0.15, 0.2) is 24.3 Å². The van der Waals surface area contributed by atoms with Gasteiger partial charge in [-0.25, -0.2) is 4.79 Å². The number of phenolic OH excluding ortho intramolecular Hbond substituents is 1. The number of para-hydroxylation sites is 1. The van der Waals surface area contributed by atoms with E-state index in [0.717, 1.165) is 12.0 Å². The van der Waals surface area contributed by atoms with Gasteiger partial charge in [-0.2, -0.15) is 0 Å². The van der Waals surface area contributed by atoms with Gasteiger partial charge in [0.05, 0.1) is 12.0 Å². The lowest BCUT2D eigenvalue weighted by molar-refractivity contribution is 0.0766. The SMILES string of the molecule is CSOC(=O)c1ccccc1O. The molecule has 1 rings (SSSR count). The van der Waals surface area contributed by atoms with Crippen LogP contribution in [-0.2, 0) is 4.18 Å². The van der Waals surface area contributed by atoms with E-state index in [-0.39, 0.29) is 11.3 Å². The minimum atomic E-state index is -0.527. The Balaban J connectivity index is 2.87. The van der Waals surface area contributed by atoms with Crippen LogP contribution in [0.25, 0.3) is 0 Å². The molecule has 0 saturated heterocycles. The van der Waals surface area contributed by atoms with E-state index in [1.807, 2.05) is 0 Å². The number of hydrogen-bond acceptors (Lipinski definition) is 4. The Hall–Kier alpha value is -1.16. The first-order valence-corrected chi connectivity index (χ1v) is 4.43. The van der Waals surface area contributed by atoms with Gasteiger partial charge in [0.1, 0.15) is 11.3 Å². The van der Waals surface area contributed by atoms with Crippen LogP contribution in [0.4, 0.5) is 0 Å². The summed E-state index contributed by atoms with van der Waals surface area (Å²) >= 11 is 0.953. The Bertz CT molecular complexity index is 285. The molecule has 0 aliphatic heterocycles. The molecule has 0 spiro atoms. The third-order valence-corrected chi connectivity index (χ3v) is 1.60. The summed E-state index contributed by atoms with van der Waals surface area (Å²) in [4.78, 5) is 11.1. The van der Waals surface area contributed by atoms with Crippen molar-refractivity contribution in [3.8, 4) is 5.75 Å². The fourth-order valence-corrected chi connectivity index (χ4v) is 1.01. The van der Waals surface area contributed by atoms with E-state index >= 15 is 0 Å². The van der Waals surface area contributed by atoms with Gasteiger partial charge in [0.2, 0.25) is 0 Å². The van der Waals surface area contributed by atoms with E-state index < -0.39 is 5.97 Å². The van der Waals surface area contributed by atoms with Gasteiger partial charge < -0.3 is 9.29 Å². The second-order valence-electron chi connectivity index (χ2n) is 2.05. The van der Waals surface area contributed by atoms with Crippen molar-refractivity contribution in [3.05, 3.63) is 29.8 Å². The maximum Gasteiger partial charge on any atom is 0.353 e. The lowest BCUT2D eigenvalue weighted by Gasteiger charge is -2.00. The Labute approximate surface area is 74.6 Å². The molecule has 1 aromatic carbocycles. The van der Waals surface area contributed by atoms with E-state index in [1.165, 1.54) is 12.1 Å². The van der Waals surface area contributed by atoms with Gasteiger partial charge in [0.25, 0.3) is 0 Å². The molecule has 0 unspecified atom stereocenters. The van der Waals surface area contributed by atoms with Gasteiger partial charge in [0, 0.05) is 6.26 Å². The molecule has 4 heteroatoms. The van der Waals surface area contributed by atoms with E-state index in [9.17, 15) is 9.90 Å². The van der Waals surface area contributed by atoms with Crippen LogP contribution in [0.2, 0.25) is 0 Å². The molecule has 1 N–H and O–H groups in total. The second-order valence-corrected chi connectivity index (χ2v) is 2.55. The normalized spacial score (nSPS) is 9.42. The topological polar surface area (TPSA) is 46.5 Å². The van der Waals surface area contributed by atoms with Gasteiger partial charge in [0.15, 0.2) is 0 Å². The number of benzene rings is 1. The number of phenols is 1. The predicted octanol–water partition coefficient (Wildman–Crippen LogP) is 1.83. The minimum Gasteiger partial charge on any atom is -0.507 e. The average molecular weight is 184 g/mol. The first-order valence-electron chi connectivity index (χ1n) is 3.28. The zero-order valence-electron chi connectivity index (χ0n) is 6.48. The molecule has 1 aromatic rings. The zero-order valence-corrected chi connectivity index (χ0v) is 7.30. The number of hydrogen-bond donors (Lipinski definition) is 1. The maximum atomic E-state index is 11.1. The Morgan fingerprint density at radius 1 is 1.50 bits per heavy atom. The Kier molecular flexibility index (Phi) is 2.99. The number of aromatic hydroxyl groups is 1. The van der Waals surface area contributed by atoms with E-state index in [2.05, 4.69) is 4.18 Å². The number of rotatable bonds is 2. The molecule has 0 amide bonds. The molecular weight excluding hydrogens is 176 g/mol. The van der Waals surface area contributed by atoms with Gasteiger partial charge in [-0.05, 0) is 12.1 Å². The monoisotopic (exact) mass is 184 g/mol. The largest absolute Gasteiger partial charge is 0.507 e. The summed E-state index contributed by atoms with van der Waals surface area (Å²) in [6.07, 6.45) is 1.64. The third kappa shape index (κ3) is 1.92. The molecule has 0 heterocycles. The molecule has 0 fully saturated rings. The van der Waals surface area contributed by atoms with Gasteiger partial charge in [-0.3, -0.25) is 0 Å². The first-order chi connectivity index (χ1) is 5.75. The zero-order chi connectivity index (χ0) is 8.97. The highest BCUT2D eigenvalue weighted by Crippen LogP contribution is 2.17. The highest BCUT2D eigenvalue weighted by atomic mass is 32.2. The minimum absolute atomic E-state index is 0.0587. The summed E-state index contributed by atoms with van der Waals surface area (Å²) in [7, 11) is 0. The smallest absolute Gasteiger partial charge is 0.353 e. The maximum absolute atomic E-state index is 11.1. The Morgan fingerprint density at radius 2 is 2.17 bits per heavy atom. The fourth-order valence-electron chi connectivity index (χ4n) is 0.767. The van der Waals surface area contributed by atoms with Crippen molar-refractivity contribution in [1.29, 1.82) is 0 Å². The number of carbonyl (C=O) groups excluding carboxylic acids is 1. The quantitative estimate of drug-likeness (QED) is 0.712. The molecule has 0 aliphatic rings. The predicted molar refractivity (Wildman–Crippen MR) is 47.0 cm³/mol. The van der Waals surface area contributed by atoms with E-state index in [0.29, 0.717) is 0 Å². The standard InChI is InChI=1S/C8H8O3S/c1-12-11-8(10)6-4-2-3-5-7(6)9/h2-5,9H,1H3. The molecule has 0 bridgehead atoms. The molecule has 64 valence electrons. The highest BCUT2D eigenvalue weighted by Gasteiger charge is 2.10. The van der Waals surface area contributed by atoms with Gasteiger partial charge in [-0.1, -0.05) is 12.1 Å². The molecule has 0 saturated carbocycles. The van der Waals surface area contributed by atoms with Crippen molar-refractivity contribution in [2.45, 2.75) is 0 Å². The third-order valence-electron chi connectivity index (χ3n) is 1.28. The average Bonchev–Trinajstić information content (AvgIpc) is 2.05. The van der Waals surface area contributed by atoms with Crippen molar-refractivity contribution in [2.24, 2.45) is 0 Å². The van der Waals surface area contributed by atoms with Crippen molar-refractivity contribution >= 4 is 18.0 Å². The second kappa shape index (κ2) is 4.01. The van der Waals surface area contributed by atoms with Crippen LogP contribution in [0.5, 0.6) is 5.75 Å². The van der Waals surface area contributed by atoms with Crippen LogP contribution in [0.1, 0.15) is 10.4 Å². The fraction of sp³-hybridized carbons (Fsp3) is 0.125. The van der Waals surface area contributed by atoms with Crippen LogP contribution in [-0.4, -0.2) is 17.3 Å². The number of carbonyl (C=O) groups is 1. The van der Waals surface area contributed by atoms with Crippen LogP contribution in [0, 0.1) is 0 Å². The molecule has 0 radical (unpaired) electrons. The molecular formula is C8H8O3S. The van der Waals surface area contributed by atoms with Gasteiger partial charge in [-0.15, -0.1) is 0 Å². The van der Waals surface area contributed by atoms with Crippen molar-refractivity contribution < 1.29 is 14.1 Å². The lowest BCUT2D eigenvalue weighted by atomic mass is 10.2. The summed E-state index contributed by atoms with van der Waals surface area (Å²) < 4.78 is 4.63.